The van der Waals surface area contributed by atoms with Crippen LogP contribution >= 0.6 is 0 Å². The molecule has 1 fully saturated rings. The molecule has 3 rings (SSSR count). The fourth-order valence-electron chi connectivity index (χ4n) is 3.50. The Morgan fingerprint density at radius 3 is 2.68 bits per heavy atom. The molecule has 0 bridgehead atoms. The quantitative estimate of drug-likeness (QED) is 0.740. The van der Waals surface area contributed by atoms with E-state index in [-0.39, 0.29) is 5.91 Å². The molecule has 28 heavy (non-hydrogen) atoms. The smallest absolute Gasteiger partial charge is 0.257 e. The molecule has 1 aliphatic heterocycles. The first-order chi connectivity index (χ1) is 13.6. The van der Waals surface area contributed by atoms with Gasteiger partial charge in [-0.15, -0.1) is 0 Å². The van der Waals surface area contributed by atoms with E-state index in [9.17, 15) is 4.79 Å². The molecule has 0 radical (unpaired) electrons. The number of rotatable bonds is 7. The van der Waals surface area contributed by atoms with Gasteiger partial charge in [-0.2, -0.15) is 0 Å². The number of piperazine rings is 1. The first-order valence-electron chi connectivity index (χ1n) is 9.84. The zero-order valence-corrected chi connectivity index (χ0v) is 17.1. The van der Waals surface area contributed by atoms with Gasteiger partial charge in [0, 0.05) is 71.1 Å². The van der Waals surface area contributed by atoms with Gasteiger partial charge in [0.15, 0.2) is 0 Å². The fourth-order valence-corrected chi connectivity index (χ4v) is 3.50. The highest BCUT2D eigenvalue weighted by Crippen LogP contribution is 2.20. The molecule has 1 amide bonds. The molecule has 0 spiro atoms. The molecule has 0 saturated carbocycles. The summed E-state index contributed by atoms with van der Waals surface area (Å²) in [5.41, 5.74) is 3.15. The number of carbonyl (C=O) groups excluding carboxylic acids is 1. The summed E-state index contributed by atoms with van der Waals surface area (Å²) >= 11 is 0. The van der Waals surface area contributed by atoms with E-state index in [0.717, 1.165) is 45.7 Å². The Morgan fingerprint density at radius 1 is 1.18 bits per heavy atom. The Labute approximate surface area is 167 Å². The van der Waals surface area contributed by atoms with Gasteiger partial charge in [-0.3, -0.25) is 14.7 Å². The number of pyridine rings is 2. The SMILES string of the molecule is Cc1cnccc1N1CCN(CCCNc2ncccc2C(=O)N(C)C)CC1. The van der Waals surface area contributed by atoms with E-state index in [2.05, 4.69) is 38.1 Å². The zero-order chi connectivity index (χ0) is 19.9. The van der Waals surface area contributed by atoms with Crippen molar-refractivity contribution < 1.29 is 4.79 Å². The summed E-state index contributed by atoms with van der Waals surface area (Å²) in [6.07, 6.45) is 6.53. The minimum Gasteiger partial charge on any atom is -0.369 e. The number of nitrogens with zero attached hydrogens (tertiary/aromatic N) is 5. The van der Waals surface area contributed by atoms with E-state index in [1.165, 1.54) is 11.3 Å². The minimum atomic E-state index is -0.0295. The van der Waals surface area contributed by atoms with Gasteiger partial charge < -0.3 is 15.1 Å². The highest BCUT2D eigenvalue weighted by molar-refractivity contribution is 5.98. The average Bonchev–Trinajstić information content (AvgIpc) is 2.72. The van der Waals surface area contributed by atoms with Crippen LogP contribution in [0.15, 0.2) is 36.8 Å². The van der Waals surface area contributed by atoms with Gasteiger partial charge >= 0.3 is 0 Å². The molecule has 1 saturated heterocycles. The highest BCUT2D eigenvalue weighted by atomic mass is 16.2. The third-order valence-corrected chi connectivity index (χ3v) is 5.09. The molecule has 150 valence electrons. The summed E-state index contributed by atoms with van der Waals surface area (Å²) in [7, 11) is 3.51. The number of aryl methyl sites for hydroxylation is 1. The van der Waals surface area contributed by atoms with E-state index in [1.54, 1.807) is 31.3 Å². The molecule has 0 aliphatic carbocycles. The van der Waals surface area contributed by atoms with Gasteiger partial charge in [0.05, 0.1) is 5.56 Å². The van der Waals surface area contributed by atoms with Crippen molar-refractivity contribution >= 4 is 17.4 Å². The van der Waals surface area contributed by atoms with E-state index in [0.29, 0.717) is 11.4 Å². The monoisotopic (exact) mass is 382 g/mol. The fraction of sp³-hybridized carbons (Fsp3) is 0.476. The van der Waals surface area contributed by atoms with Gasteiger partial charge in [-0.25, -0.2) is 4.98 Å². The summed E-state index contributed by atoms with van der Waals surface area (Å²) in [6, 6.07) is 5.72. The Bertz CT molecular complexity index is 786. The molecule has 3 heterocycles. The Balaban J connectivity index is 1.43. The van der Waals surface area contributed by atoms with E-state index in [1.807, 2.05) is 18.5 Å². The van der Waals surface area contributed by atoms with E-state index < -0.39 is 0 Å². The van der Waals surface area contributed by atoms with Crippen LogP contribution in [0.3, 0.4) is 0 Å². The first-order valence-corrected chi connectivity index (χ1v) is 9.84. The number of carbonyl (C=O) groups is 1. The second-order valence-corrected chi connectivity index (χ2v) is 7.37. The number of nitrogens with one attached hydrogen (secondary N) is 1. The molecular formula is C21H30N6O. The van der Waals surface area contributed by atoms with Crippen LogP contribution in [0.5, 0.6) is 0 Å². The van der Waals surface area contributed by atoms with Crippen molar-refractivity contribution in [3.8, 4) is 0 Å². The summed E-state index contributed by atoms with van der Waals surface area (Å²) in [5, 5.41) is 3.33. The molecule has 7 nitrogen and oxygen atoms in total. The molecule has 1 N–H and O–H groups in total. The van der Waals surface area contributed by atoms with E-state index in [4.69, 9.17) is 0 Å². The number of amides is 1. The van der Waals surface area contributed by atoms with Crippen LogP contribution in [0, 0.1) is 6.92 Å². The van der Waals surface area contributed by atoms with Crippen molar-refractivity contribution in [3.05, 3.63) is 47.9 Å². The standard InChI is InChI=1S/C21H30N6O/c1-17-16-22-10-7-19(17)27-14-12-26(13-15-27)11-5-9-24-20-18(6-4-8-23-20)21(28)25(2)3/h4,6-8,10,16H,5,9,11-15H2,1-3H3,(H,23,24). The lowest BCUT2D eigenvalue weighted by Crippen LogP contribution is -2.47. The third kappa shape index (κ3) is 4.98. The van der Waals surface area contributed by atoms with Crippen LogP contribution < -0.4 is 10.2 Å². The minimum absolute atomic E-state index is 0.0295. The van der Waals surface area contributed by atoms with Crippen molar-refractivity contribution in [2.45, 2.75) is 13.3 Å². The van der Waals surface area contributed by atoms with Crippen molar-refractivity contribution in [1.29, 1.82) is 0 Å². The predicted octanol–water partition coefficient (Wildman–Crippen LogP) is 2.11. The molecule has 7 heteroatoms. The Morgan fingerprint density at radius 2 is 1.96 bits per heavy atom. The van der Waals surface area contributed by atoms with Crippen LogP contribution in [0.2, 0.25) is 0 Å². The molecule has 2 aromatic rings. The van der Waals surface area contributed by atoms with Gasteiger partial charge in [0.25, 0.3) is 5.91 Å². The van der Waals surface area contributed by atoms with Crippen LogP contribution in [-0.2, 0) is 0 Å². The normalized spacial score (nSPS) is 14.8. The molecule has 0 atom stereocenters. The van der Waals surface area contributed by atoms with Gasteiger partial charge in [-0.05, 0) is 43.7 Å². The third-order valence-electron chi connectivity index (χ3n) is 5.09. The Kier molecular flexibility index (Phi) is 6.81. The van der Waals surface area contributed by atoms with E-state index >= 15 is 0 Å². The topological polar surface area (TPSA) is 64.6 Å². The molecular weight excluding hydrogens is 352 g/mol. The van der Waals surface area contributed by atoms with Crippen molar-refractivity contribution in [2.24, 2.45) is 0 Å². The molecule has 0 aromatic carbocycles. The number of hydrogen-bond donors (Lipinski definition) is 1. The zero-order valence-electron chi connectivity index (χ0n) is 17.1. The van der Waals surface area contributed by atoms with Crippen LogP contribution in [0.4, 0.5) is 11.5 Å². The maximum atomic E-state index is 12.2. The molecule has 0 unspecified atom stereocenters. The summed E-state index contributed by atoms with van der Waals surface area (Å²) < 4.78 is 0. The van der Waals surface area contributed by atoms with Gasteiger partial charge in [-0.1, -0.05) is 0 Å². The van der Waals surface area contributed by atoms with Gasteiger partial charge in [0.1, 0.15) is 5.82 Å². The lowest BCUT2D eigenvalue weighted by Gasteiger charge is -2.36. The summed E-state index contributed by atoms with van der Waals surface area (Å²) in [5.74, 6) is 0.636. The van der Waals surface area contributed by atoms with Gasteiger partial charge in [0.2, 0.25) is 0 Å². The number of hydrogen-bond acceptors (Lipinski definition) is 6. The molecule has 2 aromatic heterocycles. The first kappa shape index (κ1) is 20.1. The maximum absolute atomic E-state index is 12.2. The second kappa shape index (κ2) is 9.50. The van der Waals surface area contributed by atoms with Crippen molar-refractivity contribution in [2.75, 3.05) is 63.6 Å². The summed E-state index contributed by atoms with van der Waals surface area (Å²) in [4.78, 5) is 27.3. The largest absolute Gasteiger partial charge is 0.369 e. The Hall–Kier alpha value is -2.67. The number of anilines is 2. The number of aromatic nitrogens is 2. The highest BCUT2D eigenvalue weighted by Gasteiger charge is 2.18. The van der Waals surface area contributed by atoms with Crippen LogP contribution in [0.25, 0.3) is 0 Å². The van der Waals surface area contributed by atoms with Crippen molar-refractivity contribution in [3.63, 3.8) is 0 Å². The lowest BCUT2D eigenvalue weighted by atomic mass is 10.2. The van der Waals surface area contributed by atoms with Crippen molar-refractivity contribution in [1.82, 2.24) is 19.8 Å². The molecule has 1 aliphatic rings. The average molecular weight is 383 g/mol. The van der Waals surface area contributed by atoms with Crippen LogP contribution in [-0.4, -0.2) is 79.0 Å². The maximum Gasteiger partial charge on any atom is 0.257 e. The lowest BCUT2D eigenvalue weighted by molar-refractivity contribution is 0.0828. The summed E-state index contributed by atoms with van der Waals surface area (Å²) in [6.45, 7) is 8.17. The second-order valence-electron chi connectivity index (χ2n) is 7.37. The predicted molar refractivity (Wildman–Crippen MR) is 113 cm³/mol. The van der Waals surface area contributed by atoms with Crippen LogP contribution in [0.1, 0.15) is 22.3 Å².